The highest BCUT2D eigenvalue weighted by Crippen LogP contribution is 2.21. The molecular formula is C17H18N4O4S. The van der Waals surface area contributed by atoms with Gasteiger partial charge in [-0.15, -0.1) is 0 Å². The van der Waals surface area contributed by atoms with Crippen molar-refractivity contribution in [2.24, 2.45) is 5.73 Å². The molecule has 136 valence electrons. The lowest BCUT2D eigenvalue weighted by molar-refractivity contribution is 0.0968. The molecule has 0 radical (unpaired) electrons. The van der Waals surface area contributed by atoms with Gasteiger partial charge in [0.2, 0.25) is 5.09 Å². The molecule has 1 amide bonds. The van der Waals surface area contributed by atoms with Crippen molar-refractivity contribution in [1.29, 1.82) is 5.26 Å². The Kier molecular flexibility index (Phi) is 5.08. The number of primary amides is 1. The summed E-state index contributed by atoms with van der Waals surface area (Å²) < 4.78 is 31.6. The van der Waals surface area contributed by atoms with Crippen LogP contribution in [0.15, 0.2) is 45.9 Å². The molecule has 1 aliphatic heterocycles. The molecule has 9 heteroatoms. The first-order chi connectivity index (χ1) is 12.4. The van der Waals surface area contributed by atoms with Gasteiger partial charge in [-0.05, 0) is 23.8 Å². The number of nitriles is 1. The van der Waals surface area contributed by atoms with Crippen LogP contribution in [0.3, 0.4) is 0 Å². The van der Waals surface area contributed by atoms with Crippen LogP contribution in [0.25, 0.3) is 0 Å². The Morgan fingerprint density at radius 2 is 1.85 bits per heavy atom. The van der Waals surface area contributed by atoms with E-state index in [9.17, 15) is 13.2 Å². The number of carbonyl (C=O) groups is 1. The normalized spacial score (nSPS) is 16.3. The van der Waals surface area contributed by atoms with Crippen LogP contribution in [0.1, 0.15) is 21.7 Å². The van der Waals surface area contributed by atoms with Gasteiger partial charge in [0, 0.05) is 32.7 Å². The molecule has 0 saturated carbocycles. The Balaban J connectivity index is 1.66. The summed E-state index contributed by atoms with van der Waals surface area (Å²) in [7, 11) is -3.80. The summed E-state index contributed by atoms with van der Waals surface area (Å²) in [5.74, 6) is -0.997. The zero-order valence-corrected chi connectivity index (χ0v) is 14.8. The van der Waals surface area contributed by atoms with E-state index in [1.165, 1.54) is 16.4 Å². The molecule has 0 bridgehead atoms. The summed E-state index contributed by atoms with van der Waals surface area (Å²) in [6.45, 7) is 2.24. The predicted octanol–water partition coefficient (Wildman–Crippen LogP) is 0.757. The molecule has 0 aliphatic carbocycles. The van der Waals surface area contributed by atoms with Gasteiger partial charge in [-0.2, -0.15) is 9.57 Å². The van der Waals surface area contributed by atoms with Gasteiger partial charge in [0.15, 0.2) is 5.76 Å². The fourth-order valence-corrected chi connectivity index (χ4v) is 4.19. The minimum atomic E-state index is -3.80. The number of hydrogen-bond donors (Lipinski definition) is 1. The van der Waals surface area contributed by atoms with Gasteiger partial charge in [-0.3, -0.25) is 9.69 Å². The van der Waals surface area contributed by atoms with Crippen molar-refractivity contribution < 1.29 is 17.6 Å². The Morgan fingerprint density at radius 3 is 2.46 bits per heavy atom. The first-order valence-electron chi connectivity index (χ1n) is 8.02. The third kappa shape index (κ3) is 3.62. The van der Waals surface area contributed by atoms with E-state index < -0.39 is 15.9 Å². The molecule has 2 heterocycles. The van der Waals surface area contributed by atoms with Crippen molar-refractivity contribution in [3.05, 3.63) is 53.3 Å². The van der Waals surface area contributed by atoms with E-state index >= 15 is 0 Å². The fourth-order valence-electron chi connectivity index (χ4n) is 2.85. The Labute approximate surface area is 151 Å². The van der Waals surface area contributed by atoms with E-state index in [0.717, 1.165) is 5.56 Å². The summed E-state index contributed by atoms with van der Waals surface area (Å²) in [5, 5.41) is 8.88. The molecule has 0 spiro atoms. The Morgan fingerprint density at radius 1 is 1.15 bits per heavy atom. The summed E-state index contributed by atoms with van der Waals surface area (Å²) in [4.78, 5) is 13.2. The zero-order chi connectivity index (χ0) is 18.7. The van der Waals surface area contributed by atoms with Gasteiger partial charge in [0.1, 0.15) is 0 Å². The van der Waals surface area contributed by atoms with Crippen LogP contribution in [-0.2, 0) is 16.6 Å². The minimum absolute atomic E-state index is 0.185. The molecule has 2 aromatic rings. The molecule has 0 unspecified atom stereocenters. The third-order valence-electron chi connectivity index (χ3n) is 4.28. The molecule has 1 aliphatic rings. The molecule has 3 rings (SSSR count). The standard InChI is InChI=1S/C17H18N4O4S/c18-11-13-3-1-2-4-14(13)12-20-7-9-21(10-8-20)26(23,24)16-6-5-15(25-16)17(19)22/h1-6H,7-10,12H2,(H2,19,22). The average Bonchev–Trinajstić information content (AvgIpc) is 3.14. The van der Waals surface area contributed by atoms with Gasteiger partial charge >= 0.3 is 0 Å². The molecular weight excluding hydrogens is 356 g/mol. The quantitative estimate of drug-likeness (QED) is 0.825. The van der Waals surface area contributed by atoms with Crippen LogP contribution in [-0.4, -0.2) is 49.7 Å². The highest BCUT2D eigenvalue weighted by atomic mass is 32.2. The molecule has 0 atom stereocenters. The highest BCUT2D eigenvalue weighted by Gasteiger charge is 2.31. The van der Waals surface area contributed by atoms with Crippen LogP contribution >= 0.6 is 0 Å². The third-order valence-corrected chi connectivity index (χ3v) is 6.05. The molecule has 2 N–H and O–H groups in total. The van der Waals surface area contributed by atoms with E-state index in [4.69, 9.17) is 15.4 Å². The summed E-state index contributed by atoms with van der Waals surface area (Å²) in [5.41, 5.74) is 6.64. The maximum Gasteiger partial charge on any atom is 0.284 e. The van der Waals surface area contributed by atoms with E-state index in [0.29, 0.717) is 38.3 Å². The highest BCUT2D eigenvalue weighted by molar-refractivity contribution is 7.89. The second kappa shape index (κ2) is 7.29. The van der Waals surface area contributed by atoms with Crippen molar-refractivity contribution in [2.45, 2.75) is 11.6 Å². The van der Waals surface area contributed by atoms with Crippen molar-refractivity contribution in [3.63, 3.8) is 0 Å². The van der Waals surface area contributed by atoms with Crippen molar-refractivity contribution >= 4 is 15.9 Å². The number of rotatable bonds is 5. The first kappa shape index (κ1) is 18.1. The number of carbonyl (C=O) groups excluding carboxylic acids is 1. The molecule has 1 aromatic carbocycles. The average molecular weight is 374 g/mol. The molecule has 1 fully saturated rings. The molecule has 1 saturated heterocycles. The van der Waals surface area contributed by atoms with Gasteiger partial charge < -0.3 is 10.2 Å². The minimum Gasteiger partial charge on any atom is -0.438 e. The number of furan rings is 1. The van der Waals surface area contributed by atoms with E-state index in [-0.39, 0.29) is 10.9 Å². The van der Waals surface area contributed by atoms with E-state index in [1.54, 1.807) is 6.07 Å². The second-order valence-corrected chi connectivity index (χ2v) is 7.80. The van der Waals surface area contributed by atoms with Gasteiger partial charge in [-0.1, -0.05) is 18.2 Å². The zero-order valence-electron chi connectivity index (χ0n) is 14.0. The van der Waals surface area contributed by atoms with Crippen LogP contribution in [0, 0.1) is 11.3 Å². The monoisotopic (exact) mass is 374 g/mol. The SMILES string of the molecule is N#Cc1ccccc1CN1CCN(S(=O)(=O)c2ccc(C(N)=O)o2)CC1. The fraction of sp³-hybridized carbons (Fsp3) is 0.294. The maximum absolute atomic E-state index is 12.6. The van der Waals surface area contributed by atoms with Crippen molar-refractivity contribution in [2.75, 3.05) is 26.2 Å². The number of piperazine rings is 1. The van der Waals surface area contributed by atoms with E-state index in [1.807, 2.05) is 18.2 Å². The predicted molar refractivity (Wildman–Crippen MR) is 92.4 cm³/mol. The van der Waals surface area contributed by atoms with Gasteiger partial charge in [0.25, 0.3) is 15.9 Å². The van der Waals surface area contributed by atoms with Crippen LogP contribution in [0.2, 0.25) is 0 Å². The van der Waals surface area contributed by atoms with Gasteiger partial charge in [0.05, 0.1) is 11.6 Å². The number of amides is 1. The number of sulfonamides is 1. The smallest absolute Gasteiger partial charge is 0.284 e. The van der Waals surface area contributed by atoms with Crippen LogP contribution in [0.4, 0.5) is 0 Å². The van der Waals surface area contributed by atoms with E-state index in [2.05, 4.69) is 11.0 Å². The Hall–Kier alpha value is -2.67. The molecule has 26 heavy (non-hydrogen) atoms. The molecule has 1 aromatic heterocycles. The lowest BCUT2D eigenvalue weighted by atomic mass is 10.1. The molecule has 8 nitrogen and oxygen atoms in total. The van der Waals surface area contributed by atoms with Gasteiger partial charge in [-0.25, -0.2) is 8.42 Å². The van der Waals surface area contributed by atoms with Crippen molar-refractivity contribution in [1.82, 2.24) is 9.21 Å². The topological polar surface area (TPSA) is 121 Å². The lowest BCUT2D eigenvalue weighted by Gasteiger charge is -2.33. The van der Waals surface area contributed by atoms with Crippen LogP contribution < -0.4 is 5.73 Å². The largest absolute Gasteiger partial charge is 0.438 e. The number of benzene rings is 1. The maximum atomic E-state index is 12.6. The summed E-state index contributed by atoms with van der Waals surface area (Å²) in [6, 6.07) is 12.0. The number of hydrogen-bond acceptors (Lipinski definition) is 6. The van der Waals surface area contributed by atoms with Crippen LogP contribution in [0.5, 0.6) is 0 Å². The summed E-state index contributed by atoms with van der Waals surface area (Å²) >= 11 is 0. The number of nitrogens with two attached hydrogens (primary N) is 1. The summed E-state index contributed by atoms with van der Waals surface area (Å²) in [6.07, 6.45) is 0. The lowest BCUT2D eigenvalue weighted by Crippen LogP contribution is -2.48. The Bertz CT molecular complexity index is 953. The van der Waals surface area contributed by atoms with Crippen molar-refractivity contribution in [3.8, 4) is 6.07 Å². The number of nitrogens with zero attached hydrogens (tertiary/aromatic N) is 3. The second-order valence-electron chi connectivity index (χ2n) is 5.93. The first-order valence-corrected chi connectivity index (χ1v) is 9.46.